The number of hydrogen-bond donors (Lipinski definition) is 5. The van der Waals surface area contributed by atoms with Crippen molar-refractivity contribution in [3.8, 4) is 5.75 Å². The van der Waals surface area contributed by atoms with Crippen molar-refractivity contribution in [3.05, 3.63) is 36.2 Å². The van der Waals surface area contributed by atoms with Crippen LogP contribution in [0.25, 0.3) is 11.2 Å². The molecule has 0 amide bonds. The lowest BCUT2D eigenvalue weighted by molar-refractivity contribution is -0.0511. The standard InChI is InChI=1S/C19H23N7O5/c1-2-30-11-5-3-10(4-6-11)7-22-25-19-23-16(20)13-17(24-19)26(9-21-13)18-15(29)14(28)12(8-27)31-18/h3-7,9,12,14-15,18,27-29H,2,8H2,1H3,(H3,20,23,24,25)/b22-7-/t12-,14-,15-,18-/m1/s1. The molecule has 31 heavy (non-hydrogen) atoms. The van der Waals surface area contributed by atoms with E-state index in [0.717, 1.165) is 11.3 Å². The van der Waals surface area contributed by atoms with Crippen LogP contribution in [-0.2, 0) is 4.74 Å². The average Bonchev–Trinajstić information content (AvgIpc) is 3.31. The van der Waals surface area contributed by atoms with Gasteiger partial charge in [0.2, 0.25) is 5.95 Å². The number of imidazole rings is 1. The van der Waals surface area contributed by atoms with Crippen molar-refractivity contribution in [2.45, 2.75) is 31.5 Å². The zero-order chi connectivity index (χ0) is 22.0. The molecule has 0 bridgehead atoms. The van der Waals surface area contributed by atoms with E-state index in [1.807, 2.05) is 31.2 Å². The summed E-state index contributed by atoms with van der Waals surface area (Å²) in [6.45, 7) is 2.07. The SMILES string of the molecule is CCOc1ccc(/C=N\Nc2nc(N)c3ncn([C@@H]4O[C@H](CO)[C@@H](O)[C@H]4O)c3n2)cc1. The summed E-state index contributed by atoms with van der Waals surface area (Å²) in [6.07, 6.45) is -1.48. The summed E-state index contributed by atoms with van der Waals surface area (Å²) < 4.78 is 12.4. The van der Waals surface area contributed by atoms with Crippen LogP contribution in [0.5, 0.6) is 5.75 Å². The molecule has 4 rings (SSSR count). The Balaban J connectivity index is 1.55. The predicted molar refractivity (Wildman–Crippen MR) is 112 cm³/mol. The minimum absolute atomic E-state index is 0.106. The van der Waals surface area contributed by atoms with Gasteiger partial charge in [-0.05, 0) is 36.8 Å². The first-order valence-electron chi connectivity index (χ1n) is 9.66. The van der Waals surface area contributed by atoms with Crippen molar-refractivity contribution < 1.29 is 24.8 Å². The maximum Gasteiger partial charge on any atom is 0.247 e. The Kier molecular flexibility index (Phi) is 5.95. The Morgan fingerprint density at radius 3 is 2.71 bits per heavy atom. The Hall–Kier alpha value is -3.32. The van der Waals surface area contributed by atoms with Gasteiger partial charge in [0.15, 0.2) is 17.7 Å². The van der Waals surface area contributed by atoms with Gasteiger partial charge in [0, 0.05) is 0 Å². The number of hydrazone groups is 1. The number of ether oxygens (including phenoxy) is 2. The molecule has 1 aromatic carbocycles. The van der Waals surface area contributed by atoms with E-state index >= 15 is 0 Å². The first kappa shape index (κ1) is 20.9. The normalized spacial score (nSPS) is 23.6. The number of rotatable bonds is 7. The molecule has 164 valence electrons. The van der Waals surface area contributed by atoms with Gasteiger partial charge in [-0.1, -0.05) is 0 Å². The van der Waals surface area contributed by atoms with Crippen molar-refractivity contribution in [1.82, 2.24) is 19.5 Å². The highest BCUT2D eigenvalue weighted by Crippen LogP contribution is 2.32. The molecule has 2 aromatic heterocycles. The van der Waals surface area contributed by atoms with Crippen LogP contribution in [0.4, 0.5) is 11.8 Å². The number of nitrogens with one attached hydrogen (secondary N) is 1. The lowest BCUT2D eigenvalue weighted by atomic mass is 10.1. The molecule has 1 aliphatic rings. The summed E-state index contributed by atoms with van der Waals surface area (Å²) in [7, 11) is 0. The molecule has 0 spiro atoms. The summed E-state index contributed by atoms with van der Waals surface area (Å²) in [5.74, 6) is 0.988. The summed E-state index contributed by atoms with van der Waals surface area (Å²) in [6, 6.07) is 7.38. The van der Waals surface area contributed by atoms with Gasteiger partial charge in [-0.15, -0.1) is 0 Å². The van der Waals surface area contributed by atoms with E-state index in [9.17, 15) is 15.3 Å². The summed E-state index contributed by atoms with van der Waals surface area (Å²) in [5.41, 5.74) is 10.1. The van der Waals surface area contributed by atoms with E-state index in [0.29, 0.717) is 12.1 Å². The second kappa shape index (κ2) is 8.81. The fraction of sp³-hybridized carbons (Fsp3) is 0.368. The number of nitrogen functional groups attached to an aromatic ring is 1. The van der Waals surface area contributed by atoms with E-state index in [4.69, 9.17) is 15.2 Å². The van der Waals surface area contributed by atoms with E-state index in [1.54, 1.807) is 6.21 Å². The number of benzene rings is 1. The van der Waals surface area contributed by atoms with Crippen LogP contribution in [0.3, 0.4) is 0 Å². The maximum absolute atomic E-state index is 10.3. The topological polar surface area (TPSA) is 173 Å². The number of aliphatic hydroxyl groups is 3. The molecule has 1 fully saturated rings. The van der Waals surface area contributed by atoms with Crippen molar-refractivity contribution in [3.63, 3.8) is 0 Å². The van der Waals surface area contributed by atoms with Crippen molar-refractivity contribution in [2.24, 2.45) is 5.10 Å². The first-order chi connectivity index (χ1) is 15.0. The number of anilines is 2. The number of aliphatic hydroxyl groups excluding tert-OH is 3. The fourth-order valence-corrected chi connectivity index (χ4v) is 3.27. The quantitative estimate of drug-likeness (QED) is 0.251. The van der Waals surface area contributed by atoms with Crippen LogP contribution in [0.1, 0.15) is 18.7 Å². The third-order valence-electron chi connectivity index (χ3n) is 4.81. The smallest absolute Gasteiger partial charge is 0.247 e. The number of nitrogens with zero attached hydrogens (tertiary/aromatic N) is 5. The largest absolute Gasteiger partial charge is 0.494 e. The monoisotopic (exact) mass is 429 g/mol. The van der Waals surface area contributed by atoms with Crippen LogP contribution < -0.4 is 15.9 Å². The molecule has 0 aliphatic carbocycles. The molecule has 3 aromatic rings. The molecule has 0 unspecified atom stereocenters. The minimum atomic E-state index is -1.28. The number of fused-ring (bicyclic) bond motifs is 1. The summed E-state index contributed by atoms with van der Waals surface area (Å²) >= 11 is 0. The van der Waals surface area contributed by atoms with Gasteiger partial charge in [-0.25, -0.2) is 10.4 Å². The third-order valence-corrected chi connectivity index (χ3v) is 4.81. The van der Waals surface area contributed by atoms with Gasteiger partial charge in [-0.3, -0.25) is 4.57 Å². The van der Waals surface area contributed by atoms with Gasteiger partial charge in [-0.2, -0.15) is 15.1 Å². The minimum Gasteiger partial charge on any atom is -0.494 e. The second-order valence-electron chi connectivity index (χ2n) is 6.86. The first-order valence-corrected chi connectivity index (χ1v) is 9.66. The number of hydrogen-bond acceptors (Lipinski definition) is 11. The average molecular weight is 429 g/mol. The highest BCUT2D eigenvalue weighted by molar-refractivity contribution is 5.83. The molecule has 4 atom stereocenters. The van der Waals surface area contributed by atoms with E-state index < -0.39 is 31.1 Å². The van der Waals surface area contributed by atoms with E-state index in [-0.39, 0.29) is 17.4 Å². The zero-order valence-corrected chi connectivity index (χ0v) is 16.7. The predicted octanol–water partition coefficient (Wildman–Crippen LogP) is -0.135. The van der Waals surface area contributed by atoms with Crippen LogP contribution in [0.15, 0.2) is 35.7 Å². The second-order valence-corrected chi connectivity index (χ2v) is 6.86. The molecular formula is C19H23N7O5. The van der Waals surface area contributed by atoms with Gasteiger partial charge >= 0.3 is 0 Å². The zero-order valence-electron chi connectivity index (χ0n) is 16.7. The number of aromatic nitrogens is 4. The van der Waals surface area contributed by atoms with Crippen molar-refractivity contribution in [1.29, 1.82) is 0 Å². The number of nitrogens with two attached hydrogens (primary N) is 1. The highest BCUT2D eigenvalue weighted by Gasteiger charge is 2.44. The van der Waals surface area contributed by atoms with Crippen LogP contribution in [0.2, 0.25) is 0 Å². The van der Waals surface area contributed by atoms with Gasteiger partial charge < -0.3 is 30.5 Å². The van der Waals surface area contributed by atoms with Gasteiger partial charge in [0.25, 0.3) is 0 Å². The van der Waals surface area contributed by atoms with E-state index in [2.05, 4.69) is 25.5 Å². The summed E-state index contributed by atoms with van der Waals surface area (Å²) in [5, 5.41) is 33.7. The molecule has 1 aliphatic heterocycles. The lowest BCUT2D eigenvalue weighted by Gasteiger charge is -2.16. The maximum atomic E-state index is 10.3. The Morgan fingerprint density at radius 2 is 2.03 bits per heavy atom. The Bertz CT molecular complexity index is 1070. The van der Waals surface area contributed by atoms with Crippen molar-refractivity contribution >= 4 is 29.1 Å². The molecule has 12 nitrogen and oxygen atoms in total. The molecular weight excluding hydrogens is 406 g/mol. The molecule has 12 heteroatoms. The third kappa shape index (κ3) is 4.14. The highest BCUT2D eigenvalue weighted by atomic mass is 16.6. The summed E-state index contributed by atoms with van der Waals surface area (Å²) in [4.78, 5) is 12.6. The molecule has 1 saturated heterocycles. The van der Waals surface area contributed by atoms with Crippen LogP contribution in [0, 0.1) is 0 Å². The van der Waals surface area contributed by atoms with Gasteiger partial charge in [0.1, 0.15) is 29.6 Å². The molecule has 6 N–H and O–H groups in total. The molecule has 3 heterocycles. The Morgan fingerprint density at radius 1 is 1.26 bits per heavy atom. The lowest BCUT2D eigenvalue weighted by Crippen LogP contribution is -2.33. The van der Waals surface area contributed by atoms with Crippen LogP contribution in [-0.4, -0.2) is 72.6 Å². The Labute approximate surface area is 177 Å². The molecule has 0 radical (unpaired) electrons. The fourth-order valence-electron chi connectivity index (χ4n) is 3.27. The van der Waals surface area contributed by atoms with Crippen LogP contribution >= 0.6 is 0 Å². The van der Waals surface area contributed by atoms with Gasteiger partial charge in [0.05, 0.1) is 25.8 Å². The van der Waals surface area contributed by atoms with Crippen molar-refractivity contribution in [2.75, 3.05) is 24.4 Å². The molecule has 0 saturated carbocycles. The van der Waals surface area contributed by atoms with E-state index in [1.165, 1.54) is 10.9 Å².